The molecular weight excluding hydrogens is 647 g/mol. The summed E-state index contributed by atoms with van der Waals surface area (Å²) in [6.45, 7) is 0. The van der Waals surface area contributed by atoms with Crippen molar-refractivity contribution in [3.05, 3.63) is 188 Å². The van der Waals surface area contributed by atoms with Crippen LogP contribution in [0.1, 0.15) is 0 Å². The van der Waals surface area contributed by atoms with Crippen molar-refractivity contribution in [3.8, 4) is 22.3 Å². The second kappa shape index (κ2) is 11.7. The van der Waals surface area contributed by atoms with E-state index in [-0.39, 0.29) is 0 Å². The van der Waals surface area contributed by atoms with Gasteiger partial charge in [0.15, 0.2) is 0 Å². The maximum atomic E-state index is 6.40. The lowest BCUT2D eigenvalue weighted by molar-refractivity contribution is 0.669. The van der Waals surface area contributed by atoms with E-state index in [1.165, 1.54) is 21.5 Å². The maximum absolute atomic E-state index is 6.40. The van der Waals surface area contributed by atoms with E-state index in [0.717, 1.165) is 83.2 Å². The molecule has 2 heterocycles. The molecule has 0 unspecified atom stereocenters. The lowest BCUT2D eigenvalue weighted by atomic mass is 9.99. The van der Waals surface area contributed by atoms with E-state index in [1.807, 2.05) is 24.3 Å². The van der Waals surface area contributed by atoms with Crippen LogP contribution in [0, 0.1) is 0 Å². The molecule has 2 aromatic heterocycles. The van der Waals surface area contributed by atoms with Gasteiger partial charge in [-0.3, -0.25) is 0 Å². The highest BCUT2D eigenvalue weighted by atomic mass is 16.3. The normalized spacial score (nSPS) is 11.8. The summed E-state index contributed by atoms with van der Waals surface area (Å²) < 4.78 is 12.8. The minimum absolute atomic E-state index is 0.904. The molecule has 0 aliphatic carbocycles. The van der Waals surface area contributed by atoms with Crippen molar-refractivity contribution in [3.63, 3.8) is 0 Å². The Hall–Kier alpha value is -7.10. The number of furan rings is 2. The second-order valence-corrected chi connectivity index (χ2v) is 13.7. The summed E-state index contributed by atoms with van der Waals surface area (Å²) in [5.41, 5.74) is 11.2. The third-order valence-electron chi connectivity index (χ3n) is 10.7. The van der Waals surface area contributed by atoms with Crippen LogP contribution < -0.4 is 4.90 Å². The molecule has 0 saturated carbocycles. The molecule has 0 saturated heterocycles. The number of benzene rings is 9. The first-order valence-electron chi connectivity index (χ1n) is 18.0. The van der Waals surface area contributed by atoms with Crippen LogP contribution in [0.2, 0.25) is 0 Å². The van der Waals surface area contributed by atoms with Crippen molar-refractivity contribution in [1.29, 1.82) is 0 Å². The van der Waals surface area contributed by atoms with E-state index in [1.54, 1.807) is 0 Å². The van der Waals surface area contributed by atoms with E-state index in [2.05, 4.69) is 169 Å². The van der Waals surface area contributed by atoms with Gasteiger partial charge in [-0.05, 0) is 81.2 Å². The standard InChI is InChI=1S/C50H31NO2/c1-2-10-39-32(9-1)19-20-35-31-38(29-30-40(35)39)51(36-25-21-33(22-26-36)41-13-7-15-45-43-11-3-5-17-47(43)52-49(41)45)37-27-23-34(24-28-37)42-14-8-16-46-44-12-4-6-18-48(44)53-50(42)46/h1-31H. The quantitative estimate of drug-likeness (QED) is 0.170. The lowest BCUT2D eigenvalue weighted by Gasteiger charge is -2.26. The minimum Gasteiger partial charge on any atom is -0.455 e. The molecule has 0 spiro atoms. The van der Waals surface area contributed by atoms with Crippen LogP contribution in [0.15, 0.2) is 197 Å². The molecule has 53 heavy (non-hydrogen) atoms. The summed E-state index contributed by atoms with van der Waals surface area (Å²) in [6, 6.07) is 66.8. The fraction of sp³-hybridized carbons (Fsp3) is 0. The van der Waals surface area contributed by atoms with E-state index in [4.69, 9.17) is 8.83 Å². The van der Waals surface area contributed by atoms with Gasteiger partial charge in [-0.2, -0.15) is 0 Å². The van der Waals surface area contributed by atoms with E-state index in [0.29, 0.717) is 0 Å². The monoisotopic (exact) mass is 677 g/mol. The van der Waals surface area contributed by atoms with Gasteiger partial charge in [0.25, 0.3) is 0 Å². The van der Waals surface area contributed by atoms with E-state index < -0.39 is 0 Å². The molecule has 248 valence electrons. The third kappa shape index (κ3) is 4.75. The van der Waals surface area contributed by atoms with Crippen LogP contribution in [0.25, 0.3) is 87.7 Å². The Morgan fingerprint density at radius 3 is 1.34 bits per heavy atom. The number of rotatable bonds is 5. The Morgan fingerprint density at radius 1 is 0.302 bits per heavy atom. The number of hydrogen-bond donors (Lipinski definition) is 0. The predicted octanol–water partition coefficient (Wildman–Crippen LogP) is 14.6. The van der Waals surface area contributed by atoms with Gasteiger partial charge in [0.2, 0.25) is 0 Å². The predicted molar refractivity (Wildman–Crippen MR) is 222 cm³/mol. The molecule has 3 heteroatoms. The summed E-state index contributed by atoms with van der Waals surface area (Å²) in [6.07, 6.45) is 0. The summed E-state index contributed by atoms with van der Waals surface area (Å²) >= 11 is 0. The first-order chi connectivity index (χ1) is 26.3. The molecule has 3 nitrogen and oxygen atoms in total. The third-order valence-corrected chi connectivity index (χ3v) is 10.7. The van der Waals surface area contributed by atoms with Crippen LogP contribution in [0.5, 0.6) is 0 Å². The van der Waals surface area contributed by atoms with Gasteiger partial charge in [-0.1, -0.05) is 140 Å². The molecule has 9 aromatic carbocycles. The zero-order valence-electron chi connectivity index (χ0n) is 28.7. The Bertz CT molecular complexity index is 3010. The molecule has 0 amide bonds. The molecule has 0 N–H and O–H groups in total. The molecular formula is C50H31NO2. The zero-order chi connectivity index (χ0) is 34.9. The van der Waals surface area contributed by atoms with Crippen molar-refractivity contribution >= 4 is 82.5 Å². The van der Waals surface area contributed by atoms with Crippen LogP contribution in [-0.4, -0.2) is 0 Å². The molecule has 0 radical (unpaired) electrons. The summed E-state index contributed by atoms with van der Waals surface area (Å²) in [4.78, 5) is 2.34. The number of para-hydroxylation sites is 4. The van der Waals surface area contributed by atoms with Crippen LogP contribution in [0.4, 0.5) is 17.1 Å². The number of anilines is 3. The zero-order valence-corrected chi connectivity index (χ0v) is 28.7. The Morgan fingerprint density at radius 2 is 0.755 bits per heavy atom. The van der Waals surface area contributed by atoms with Gasteiger partial charge in [0.1, 0.15) is 22.3 Å². The van der Waals surface area contributed by atoms with Crippen LogP contribution >= 0.6 is 0 Å². The first-order valence-corrected chi connectivity index (χ1v) is 18.0. The van der Waals surface area contributed by atoms with Gasteiger partial charge < -0.3 is 13.7 Å². The van der Waals surface area contributed by atoms with Gasteiger partial charge in [0.05, 0.1) is 0 Å². The lowest BCUT2D eigenvalue weighted by Crippen LogP contribution is -2.09. The molecule has 0 fully saturated rings. The van der Waals surface area contributed by atoms with E-state index in [9.17, 15) is 0 Å². The smallest absolute Gasteiger partial charge is 0.143 e. The SMILES string of the molecule is c1ccc2c(c1)ccc1cc(N(c3ccc(-c4cccc5c4oc4ccccc45)cc3)c3ccc(-c4cccc5c4oc4ccccc45)cc3)ccc12. The molecule has 11 aromatic rings. The summed E-state index contributed by atoms with van der Waals surface area (Å²) in [5, 5.41) is 9.48. The van der Waals surface area contributed by atoms with Crippen molar-refractivity contribution < 1.29 is 8.83 Å². The van der Waals surface area contributed by atoms with E-state index >= 15 is 0 Å². The molecule has 0 aliphatic heterocycles. The van der Waals surface area contributed by atoms with Gasteiger partial charge >= 0.3 is 0 Å². The Labute approximate surface area is 305 Å². The average molecular weight is 678 g/mol. The number of fused-ring (bicyclic) bond motifs is 9. The van der Waals surface area contributed by atoms with Crippen LogP contribution in [0.3, 0.4) is 0 Å². The Balaban J connectivity index is 1.04. The highest BCUT2D eigenvalue weighted by Crippen LogP contribution is 2.42. The summed E-state index contributed by atoms with van der Waals surface area (Å²) in [7, 11) is 0. The largest absolute Gasteiger partial charge is 0.455 e. The minimum atomic E-state index is 0.904. The topological polar surface area (TPSA) is 29.5 Å². The van der Waals surface area contributed by atoms with Gasteiger partial charge in [-0.15, -0.1) is 0 Å². The van der Waals surface area contributed by atoms with Crippen LogP contribution in [-0.2, 0) is 0 Å². The van der Waals surface area contributed by atoms with Crippen molar-refractivity contribution in [2.45, 2.75) is 0 Å². The highest BCUT2D eigenvalue weighted by Gasteiger charge is 2.18. The van der Waals surface area contributed by atoms with Crippen molar-refractivity contribution in [2.24, 2.45) is 0 Å². The highest BCUT2D eigenvalue weighted by molar-refractivity contribution is 6.11. The molecule has 0 aliphatic rings. The number of hydrogen-bond acceptors (Lipinski definition) is 3. The van der Waals surface area contributed by atoms with Crippen molar-refractivity contribution in [2.75, 3.05) is 4.90 Å². The molecule has 11 rings (SSSR count). The fourth-order valence-corrected chi connectivity index (χ4v) is 8.12. The number of nitrogens with zero attached hydrogens (tertiary/aromatic N) is 1. The maximum Gasteiger partial charge on any atom is 0.143 e. The fourth-order valence-electron chi connectivity index (χ4n) is 8.12. The second-order valence-electron chi connectivity index (χ2n) is 13.7. The van der Waals surface area contributed by atoms with Gasteiger partial charge in [0, 0.05) is 49.7 Å². The average Bonchev–Trinajstić information content (AvgIpc) is 3.80. The summed E-state index contributed by atoms with van der Waals surface area (Å²) in [5.74, 6) is 0. The molecule has 0 bridgehead atoms. The first kappa shape index (κ1) is 29.6. The van der Waals surface area contributed by atoms with Crippen molar-refractivity contribution in [1.82, 2.24) is 0 Å². The molecule has 0 atom stereocenters. The van der Waals surface area contributed by atoms with Gasteiger partial charge in [-0.25, -0.2) is 0 Å². The Kier molecular flexibility index (Phi) is 6.55.